The Bertz CT molecular complexity index is 847. The molecule has 2 N–H and O–H groups in total. The van der Waals surface area contributed by atoms with Gasteiger partial charge in [-0.25, -0.2) is 4.98 Å². The molecule has 0 unspecified atom stereocenters. The first kappa shape index (κ1) is 18.4. The first-order valence-corrected chi connectivity index (χ1v) is 8.85. The quantitative estimate of drug-likeness (QED) is 0.870. The molecule has 1 aliphatic heterocycles. The smallest absolute Gasteiger partial charge is 0.227 e. The van der Waals surface area contributed by atoms with Crippen molar-refractivity contribution in [2.24, 2.45) is 5.92 Å². The lowest BCUT2D eigenvalue weighted by atomic mass is 9.95. The van der Waals surface area contributed by atoms with Gasteiger partial charge in [0.1, 0.15) is 11.9 Å². The molecule has 0 radical (unpaired) electrons. The monoisotopic (exact) mass is 363 g/mol. The summed E-state index contributed by atoms with van der Waals surface area (Å²) in [5.41, 5.74) is 1.95. The summed E-state index contributed by atoms with van der Waals surface area (Å²) in [6, 6.07) is 12.7. The maximum Gasteiger partial charge on any atom is 0.227 e. The lowest BCUT2D eigenvalue weighted by Gasteiger charge is -2.32. The van der Waals surface area contributed by atoms with E-state index in [4.69, 9.17) is 5.26 Å². The fourth-order valence-electron chi connectivity index (χ4n) is 3.09. The Labute approximate surface area is 158 Å². The predicted octanol–water partition coefficient (Wildman–Crippen LogP) is 2.77. The molecule has 0 saturated carbocycles. The molecule has 0 aliphatic carbocycles. The summed E-state index contributed by atoms with van der Waals surface area (Å²) in [4.78, 5) is 30.0. The Kier molecular flexibility index (Phi) is 5.67. The van der Waals surface area contributed by atoms with Gasteiger partial charge in [0.25, 0.3) is 0 Å². The molecular weight excluding hydrogens is 342 g/mol. The van der Waals surface area contributed by atoms with Gasteiger partial charge in [-0.15, -0.1) is 0 Å². The van der Waals surface area contributed by atoms with Crippen molar-refractivity contribution >= 4 is 29.0 Å². The van der Waals surface area contributed by atoms with E-state index >= 15 is 0 Å². The number of nitriles is 1. The SMILES string of the molecule is CC(=O)Nc1ccc(NC(=O)C2CCN(c3ccc(C#N)cn3)CC2)cc1. The Balaban J connectivity index is 1.52. The zero-order valence-corrected chi connectivity index (χ0v) is 15.1. The standard InChI is InChI=1S/C20H21N5O2/c1-14(26)23-17-3-5-18(6-4-17)24-20(27)16-8-10-25(11-9-16)19-7-2-15(12-21)13-22-19/h2-7,13,16H,8-11H2,1H3,(H,23,26)(H,24,27). The van der Waals surface area contributed by atoms with Crippen LogP contribution in [0.1, 0.15) is 25.3 Å². The van der Waals surface area contributed by atoms with E-state index in [1.165, 1.54) is 6.92 Å². The second-order valence-electron chi connectivity index (χ2n) is 6.53. The average Bonchev–Trinajstić information content (AvgIpc) is 2.69. The molecule has 2 aromatic rings. The zero-order chi connectivity index (χ0) is 19.2. The van der Waals surface area contributed by atoms with Crippen molar-refractivity contribution in [1.29, 1.82) is 5.26 Å². The van der Waals surface area contributed by atoms with Crippen LogP contribution in [-0.2, 0) is 9.59 Å². The lowest BCUT2D eigenvalue weighted by molar-refractivity contribution is -0.120. The molecule has 0 bridgehead atoms. The van der Waals surface area contributed by atoms with E-state index in [0.717, 1.165) is 31.7 Å². The van der Waals surface area contributed by atoms with Crippen molar-refractivity contribution in [3.8, 4) is 6.07 Å². The number of piperidine rings is 1. The van der Waals surface area contributed by atoms with Crippen molar-refractivity contribution < 1.29 is 9.59 Å². The maximum atomic E-state index is 12.5. The Hall–Kier alpha value is -3.40. The summed E-state index contributed by atoms with van der Waals surface area (Å²) in [6.07, 6.45) is 3.06. The van der Waals surface area contributed by atoms with E-state index < -0.39 is 0 Å². The topological polar surface area (TPSA) is 98.1 Å². The second-order valence-corrected chi connectivity index (χ2v) is 6.53. The summed E-state index contributed by atoms with van der Waals surface area (Å²) >= 11 is 0. The molecule has 1 aliphatic rings. The number of benzene rings is 1. The van der Waals surface area contributed by atoms with E-state index in [-0.39, 0.29) is 17.7 Å². The molecule has 27 heavy (non-hydrogen) atoms. The van der Waals surface area contributed by atoms with Crippen molar-refractivity contribution in [3.63, 3.8) is 0 Å². The van der Waals surface area contributed by atoms with Crippen LogP contribution < -0.4 is 15.5 Å². The van der Waals surface area contributed by atoms with Gasteiger partial charge in [0.05, 0.1) is 5.56 Å². The predicted molar refractivity (Wildman–Crippen MR) is 103 cm³/mol. The number of rotatable bonds is 4. The minimum Gasteiger partial charge on any atom is -0.357 e. The Morgan fingerprint density at radius 2 is 1.70 bits per heavy atom. The number of hydrogen-bond acceptors (Lipinski definition) is 5. The maximum absolute atomic E-state index is 12.5. The highest BCUT2D eigenvalue weighted by Gasteiger charge is 2.25. The molecule has 2 amide bonds. The first-order chi connectivity index (χ1) is 13.0. The van der Waals surface area contributed by atoms with Crippen molar-refractivity contribution in [1.82, 2.24) is 4.98 Å². The van der Waals surface area contributed by atoms with Gasteiger partial charge in [-0.3, -0.25) is 9.59 Å². The molecule has 7 heteroatoms. The molecule has 1 aromatic heterocycles. The highest BCUT2D eigenvalue weighted by atomic mass is 16.2. The molecule has 3 rings (SSSR count). The van der Waals surface area contributed by atoms with Crippen LogP contribution in [0.3, 0.4) is 0 Å². The number of hydrogen-bond donors (Lipinski definition) is 2. The van der Waals surface area contributed by atoms with Gasteiger partial charge >= 0.3 is 0 Å². The molecular formula is C20H21N5O2. The Morgan fingerprint density at radius 3 is 2.22 bits per heavy atom. The number of carbonyl (C=O) groups excluding carboxylic acids is 2. The van der Waals surface area contributed by atoms with Gasteiger partial charge in [0.15, 0.2) is 0 Å². The van der Waals surface area contributed by atoms with Crippen molar-refractivity contribution in [2.45, 2.75) is 19.8 Å². The van der Waals surface area contributed by atoms with E-state index in [1.807, 2.05) is 6.07 Å². The molecule has 0 atom stereocenters. The summed E-state index contributed by atoms with van der Waals surface area (Å²) in [6.45, 7) is 2.95. The van der Waals surface area contributed by atoms with Crippen molar-refractivity contribution in [3.05, 3.63) is 48.2 Å². The molecule has 1 fully saturated rings. The van der Waals surface area contributed by atoms with Crippen LogP contribution in [0.15, 0.2) is 42.6 Å². The zero-order valence-electron chi connectivity index (χ0n) is 15.1. The van der Waals surface area contributed by atoms with Crippen LogP contribution in [0.4, 0.5) is 17.2 Å². The van der Waals surface area contributed by atoms with Crippen LogP contribution in [0.5, 0.6) is 0 Å². The van der Waals surface area contributed by atoms with Crippen LogP contribution in [-0.4, -0.2) is 29.9 Å². The second kappa shape index (κ2) is 8.32. The van der Waals surface area contributed by atoms with E-state index in [0.29, 0.717) is 16.9 Å². The largest absolute Gasteiger partial charge is 0.357 e. The first-order valence-electron chi connectivity index (χ1n) is 8.85. The van der Waals surface area contributed by atoms with Crippen LogP contribution >= 0.6 is 0 Å². The van der Waals surface area contributed by atoms with Crippen LogP contribution in [0.25, 0.3) is 0 Å². The van der Waals surface area contributed by atoms with Gasteiger partial charge < -0.3 is 15.5 Å². The number of carbonyl (C=O) groups is 2. The van der Waals surface area contributed by atoms with Crippen molar-refractivity contribution in [2.75, 3.05) is 28.6 Å². The molecule has 138 valence electrons. The Morgan fingerprint density at radius 1 is 1.07 bits per heavy atom. The van der Waals surface area contributed by atoms with Gasteiger partial charge in [0.2, 0.25) is 11.8 Å². The lowest BCUT2D eigenvalue weighted by Crippen LogP contribution is -2.38. The average molecular weight is 363 g/mol. The molecule has 7 nitrogen and oxygen atoms in total. The van der Waals surface area contributed by atoms with Gasteiger partial charge in [-0.05, 0) is 49.2 Å². The van der Waals surface area contributed by atoms with Gasteiger partial charge in [-0.1, -0.05) is 0 Å². The third-order valence-electron chi connectivity index (χ3n) is 4.54. The summed E-state index contributed by atoms with van der Waals surface area (Å²) in [7, 11) is 0. The fraction of sp³-hybridized carbons (Fsp3) is 0.300. The van der Waals surface area contributed by atoms with Gasteiger partial charge in [-0.2, -0.15) is 5.26 Å². The molecule has 1 saturated heterocycles. The van der Waals surface area contributed by atoms with E-state index in [1.54, 1.807) is 36.5 Å². The normalized spacial score (nSPS) is 14.3. The summed E-state index contributed by atoms with van der Waals surface area (Å²) < 4.78 is 0. The van der Waals surface area contributed by atoms with E-state index in [2.05, 4.69) is 26.6 Å². The number of nitrogens with zero attached hydrogens (tertiary/aromatic N) is 3. The fourth-order valence-corrected chi connectivity index (χ4v) is 3.09. The number of nitrogens with one attached hydrogen (secondary N) is 2. The minimum atomic E-state index is -0.129. The van der Waals surface area contributed by atoms with Crippen LogP contribution in [0.2, 0.25) is 0 Å². The highest BCUT2D eigenvalue weighted by molar-refractivity contribution is 5.93. The number of anilines is 3. The molecule has 2 heterocycles. The molecule has 0 spiro atoms. The highest BCUT2D eigenvalue weighted by Crippen LogP contribution is 2.23. The minimum absolute atomic E-state index is 0.00900. The number of pyridine rings is 1. The molecule has 1 aromatic carbocycles. The van der Waals surface area contributed by atoms with E-state index in [9.17, 15) is 9.59 Å². The third-order valence-corrected chi connectivity index (χ3v) is 4.54. The summed E-state index contributed by atoms with van der Waals surface area (Å²) in [5, 5.41) is 14.5. The van der Waals surface area contributed by atoms with Gasteiger partial charge in [0, 0.05) is 43.5 Å². The number of aromatic nitrogens is 1. The van der Waals surface area contributed by atoms with Crippen LogP contribution in [0, 0.1) is 17.2 Å². The number of amides is 2. The third kappa shape index (κ3) is 4.82. The summed E-state index contributed by atoms with van der Waals surface area (Å²) in [5.74, 6) is 0.668.